The fraction of sp³-hybridized carbons (Fsp3) is 0.111. The van der Waals surface area contributed by atoms with Gasteiger partial charge in [-0.15, -0.1) is 10.2 Å². The Labute approximate surface area is 93.5 Å². The number of benzene rings is 1. The first kappa shape index (κ1) is 9.57. The van der Waals surface area contributed by atoms with Gasteiger partial charge in [-0.2, -0.15) is 0 Å². The van der Waals surface area contributed by atoms with E-state index < -0.39 is 0 Å². The van der Waals surface area contributed by atoms with Gasteiger partial charge in [-0.1, -0.05) is 6.07 Å². The van der Waals surface area contributed by atoms with Gasteiger partial charge in [-0.05, 0) is 24.6 Å². The number of aryl methyl sites for hydroxylation is 1. The molecule has 0 N–H and O–H groups in total. The molecule has 72 valence electrons. The number of halogens is 2. The van der Waals surface area contributed by atoms with Gasteiger partial charge in [0.2, 0.25) is 5.89 Å². The second kappa shape index (κ2) is 3.64. The van der Waals surface area contributed by atoms with E-state index in [-0.39, 0.29) is 5.82 Å². The molecule has 5 heteroatoms. The van der Waals surface area contributed by atoms with Crippen molar-refractivity contribution in [2.24, 2.45) is 0 Å². The maximum atomic E-state index is 13.2. The Kier molecular flexibility index (Phi) is 2.49. The van der Waals surface area contributed by atoms with Crippen LogP contribution < -0.4 is 0 Å². The Morgan fingerprint density at radius 1 is 1.36 bits per heavy atom. The topological polar surface area (TPSA) is 38.9 Å². The van der Waals surface area contributed by atoms with Crippen LogP contribution in [-0.4, -0.2) is 10.2 Å². The third-order valence-electron chi connectivity index (χ3n) is 1.82. The molecule has 14 heavy (non-hydrogen) atoms. The molecule has 3 nitrogen and oxygen atoms in total. The van der Waals surface area contributed by atoms with Gasteiger partial charge in [0.05, 0.1) is 0 Å². The Morgan fingerprint density at radius 2 is 2.14 bits per heavy atom. The van der Waals surface area contributed by atoms with Gasteiger partial charge in [0.25, 0.3) is 3.90 Å². The van der Waals surface area contributed by atoms with Crippen molar-refractivity contribution in [3.05, 3.63) is 33.5 Å². The lowest BCUT2D eigenvalue weighted by molar-refractivity contribution is 0.535. The standard InChI is InChI=1S/C9H6FIN2O/c1-5-2-3-6(4-7(5)10)8-12-13-9(11)14-8/h2-4H,1H3. The number of aromatic nitrogens is 2. The van der Waals surface area contributed by atoms with Crippen LogP contribution in [0.5, 0.6) is 0 Å². The minimum Gasteiger partial charge on any atom is -0.412 e. The minimum absolute atomic E-state index is 0.268. The summed E-state index contributed by atoms with van der Waals surface area (Å²) in [5.41, 5.74) is 1.20. The Morgan fingerprint density at radius 3 is 2.71 bits per heavy atom. The van der Waals surface area contributed by atoms with Crippen molar-refractivity contribution in [1.82, 2.24) is 10.2 Å². The molecule has 0 saturated carbocycles. The SMILES string of the molecule is Cc1ccc(-c2nnc(I)o2)cc1F. The van der Waals surface area contributed by atoms with Crippen molar-refractivity contribution in [3.63, 3.8) is 0 Å². The highest BCUT2D eigenvalue weighted by Crippen LogP contribution is 2.20. The predicted octanol–water partition coefficient (Wildman–Crippen LogP) is 2.79. The summed E-state index contributed by atoms with van der Waals surface area (Å²) in [4.78, 5) is 0. The van der Waals surface area contributed by atoms with Crippen molar-refractivity contribution >= 4 is 22.6 Å². The molecule has 1 aromatic carbocycles. The van der Waals surface area contributed by atoms with E-state index in [1.165, 1.54) is 6.07 Å². The van der Waals surface area contributed by atoms with Crippen molar-refractivity contribution in [3.8, 4) is 11.5 Å². The van der Waals surface area contributed by atoms with Crippen molar-refractivity contribution < 1.29 is 8.81 Å². The van der Waals surface area contributed by atoms with Crippen LogP contribution >= 0.6 is 22.6 Å². The molecule has 1 heterocycles. The third kappa shape index (κ3) is 1.77. The zero-order chi connectivity index (χ0) is 10.1. The average Bonchev–Trinajstić information content (AvgIpc) is 2.57. The van der Waals surface area contributed by atoms with Gasteiger partial charge < -0.3 is 4.42 Å². The summed E-state index contributed by atoms with van der Waals surface area (Å²) >= 11 is 1.91. The zero-order valence-electron chi connectivity index (χ0n) is 7.29. The maximum absolute atomic E-state index is 13.2. The highest BCUT2D eigenvalue weighted by atomic mass is 127. The minimum atomic E-state index is -0.268. The quantitative estimate of drug-likeness (QED) is 0.761. The van der Waals surface area contributed by atoms with Crippen LogP contribution in [0.4, 0.5) is 4.39 Å². The van der Waals surface area contributed by atoms with Crippen LogP contribution in [0, 0.1) is 16.6 Å². The second-order valence-corrected chi connectivity index (χ2v) is 3.75. The lowest BCUT2D eigenvalue weighted by atomic mass is 10.1. The lowest BCUT2D eigenvalue weighted by Crippen LogP contribution is -1.84. The van der Waals surface area contributed by atoms with Crippen LogP contribution in [0.15, 0.2) is 22.6 Å². The van der Waals surface area contributed by atoms with Crippen LogP contribution in [-0.2, 0) is 0 Å². The summed E-state index contributed by atoms with van der Waals surface area (Å²) in [5.74, 6) is 0.0732. The Bertz CT molecular complexity index is 470. The predicted molar refractivity (Wildman–Crippen MR) is 57.1 cm³/mol. The smallest absolute Gasteiger partial charge is 0.278 e. The van der Waals surface area contributed by atoms with Gasteiger partial charge in [-0.25, -0.2) is 4.39 Å². The average molecular weight is 304 g/mol. The molecule has 1 aromatic heterocycles. The molecule has 0 spiro atoms. The fourth-order valence-corrected chi connectivity index (χ4v) is 1.36. The number of rotatable bonds is 1. The molecule has 2 aromatic rings. The monoisotopic (exact) mass is 304 g/mol. The summed E-state index contributed by atoms with van der Waals surface area (Å²) in [6, 6.07) is 4.82. The Hall–Kier alpha value is -0.980. The number of hydrogen-bond acceptors (Lipinski definition) is 3. The van der Waals surface area contributed by atoms with Crippen molar-refractivity contribution in [1.29, 1.82) is 0 Å². The summed E-state index contributed by atoms with van der Waals surface area (Å²) in [7, 11) is 0. The van der Waals surface area contributed by atoms with Gasteiger partial charge in [0.1, 0.15) is 5.82 Å². The first-order chi connectivity index (χ1) is 6.66. The van der Waals surface area contributed by atoms with E-state index in [0.717, 1.165) is 0 Å². The van der Waals surface area contributed by atoms with E-state index in [2.05, 4.69) is 10.2 Å². The molecule has 0 unspecified atom stereocenters. The Balaban J connectivity index is 2.47. The number of nitrogens with zero attached hydrogens (tertiary/aromatic N) is 2. The van der Waals surface area contributed by atoms with Crippen LogP contribution in [0.3, 0.4) is 0 Å². The van der Waals surface area contributed by atoms with Gasteiger partial charge in [0, 0.05) is 28.2 Å². The van der Waals surface area contributed by atoms with E-state index >= 15 is 0 Å². The van der Waals surface area contributed by atoms with Crippen LogP contribution in [0.2, 0.25) is 0 Å². The van der Waals surface area contributed by atoms with E-state index in [1.54, 1.807) is 19.1 Å². The lowest BCUT2D eigenvalue weighted by Gasteiger charge is -1.97. The van der Waals surface area contributed by atoms with E-state index in [1.807, 2.05) is 22.6 Å². The second-order valence-electron chi connectivity index (χ2n) is 2.82. The molecule has 0 aliphatic carbocycles. The highest BCUT2D eigenvalue weighted by Gasteiger charge is 2.08. The summed E-state index contributed by atoms with van der Waals surface area (Å²) < 4.78 is 18.8. The molecule has 2 rings (SSSR count). The summed E-state index contributed by atoms with van der Waals surface area (Å²) in [6.45, 7) is 1.71. The molecular weight excluding hydrogens is 298 g/mol. The van der Waals surface area contributed by atoms with Crippen molar-refractivity contribution in [2.45, 2.75) is 6.92 Å². The van der Waals surface area contributed by atoms with Gasteiger partial charge >= 0.3 is 0 Å². The van der Waals surface area contributed by atoms with E-state index in [0.29, 0.717) is 20.9 Å². The molecule has 0 radical (unpaired) electrons. The first-order valence-electron chi connectivity index (χ1n) is 3.92. The number of hydrogen-bond donors (Lipinski definition) is 0. The molecule has 0 aliphatic heterocycles. The van der Waals surface area contributed by atoms with Gasteiger partial charge in [-0.3, -0.25) is 0 Å². The summed E-state index contributed by atoms with van der Waals surface area (Å²) in [5, 5.41) is 7.46. The molecule has 0 fully saturated rings. The molecule has 0 aliphatic rings. The first-order valence-corrected chi connectivity index (χ1v) is 5.00. The van der Waals surface area contributed by atoms with Crippen LogP contribution in [0.25, 0.3) is 11.5 Å². The third-order valence-corrected chi connectivity index (χ3v) is 2.26. The molecule has 0 atom stereocenters. The molecule has 0 amide bonds. The van der Waals surface area contributed by atoms with Crippen molar-refractivity contribution in [2.75, 3.05) is 0 Å². The molecule has 0 saturated heterocycles. The molecular formula is C9H6FIN2O. The zero-order valence-corrected chi connectivity index (χ0v) is 9.45. The maximum Gasteiger partial charge on any atom is 0.278 e. The van der Waals surface area contributed by atoms with E-state index in [4.69, 9.17) is 4.42 Å². The highest BCUT2D eigenvalue weighted by molar-refractivity contribution is 14.1. The normalized spacial score (nSPS) is 10.5. The van der Waals surface area contributed by atoms with Gasteiger partial charge in [0.15, 0.2) is 0 Å². The largest absolute Gasteiger partial charge is 0.412 e. The summed E-state index contributed by atoms with van der Waals surface area (Å²) in [6.07, 6.45) is 0. The fourth-order valence-electron chi connectivity index (χ4n) is 1.05. The van der Waals surface area contributed by atoms with E-state index in [9.17, 15) is 4.39 Å². The van der Waals surface area contributed by atoms with Crippen LogP contribution in [0.1, 0.15) is 5.56 Å². The molecule has 0 bridgehead atoms.